The fourth-order valence-electron chi connectivity index (χ4n) is 2.38. The van der Waals surface area contributed by atoms with E-state index in [0.717, 1.165) is 22.5 Å². The molecule has 19 heavy (non-hydrogen) atoms. The minimum Gasteiger partial charge on any atom is -0.481 e. The molecule has 0 fully saturated rings. The van der Waals surface area contributed by atoms with Crippen LogP contribution >= 0.6 is 0 Å². The molecule has 0 aliphatic rings. The Morgan fingerprint density at radius 1 is 1.32 bits per heavy atom. The monoisotopic (exact) mass is 257 g/mol. The predicted molar refractivity (Wildman–Crippen MR) is 72.5 cm³/mol. The number of carboxylic acid groups (broad SMARTS) is 1. The molecule has 0 atom stereocenters. The number of aryl methyl sites for hydroxylation is 3. The summed E-state index contributed by atoms with van der Waals surface area (Å²) < 4.78 is 3.79. The van der Waals surface area contributed by atoms with Crippen molar-refractivity contribution in [2.75, 3.05) is 0 Å². The van der Waals surface area contributed by atoms with Gasteiger partial charge in [0, 0.05) is 18.9 Å². The van der Waals surface area contributed by atoms with Crippen LogP contribution in [-0.2, 0) is 18.3 Å². The SMILES string of the molecule is Cc1cc2nc3n(C)c(CC(=O)O)cn3c2cc1C. The lowest BCUT2D eigenvalue weighted by atomic mass is 10.1. The van der Waals surface area contributed by atoms with E-state index in [0.29, 0.717) is 0 Å². The van der Waals surface area contributed by atoms with Gasteiger partial charge in [-0.25, -0.2) is 4.98 Å². The lowest BCUT2D eigenvalue weighted by Gasteiger charge is -1.99. The Balaban J connectivity index is 2.31. The second kappa shape index (κ2) is 3.85. The molecule has 1 N–H and O–H groups in total. The third kappa shape index (κ3) is 1.69. The van der Waals surface area contributed by atoms with Crippen molar-refractivity contribution in [2.45, 2.75) is 20.3 Å². The molecule has 0 bridgehead atoms. The van der Waals surface area contributed by atoms with Gasteiger partial charge < -0.3 is 9.67 Å². The Morgan fingerprint density at radius 2 is 2.00 bits per heavy atom. The predicted octanol–water partition coefficient (Wildman–Crippen LogP) is 2.07. The average molecular weight is 257 g/mol. The molecule has 3 rings (SSSR count). The number of imidazole rings is 2. The smallest absolute Gasteiger partial charge is 0.309 e. The van der Waals surface area contributed by atoms with Gasteiger partial charge in [0.1, 0.15) is 0 Å². The molecule has 3 aromatic rings. The van der Waals surface area contributed by atoms with E-state index in [9.17, 15) is 4.79 Å². The molecule has 0 aliphatic carbocycles. The van der Waals surface area contributed by atoms with Gasteiger partial charge >= 0.3 is 5.97 Å². The van der Waals surface area contributed by atoms with Crippen LogP contribution in [0.25, 0.3) is 16.8 Å². The number of aliphatic carboxylic acids is 1. The highest BCUT2D eigenvalue weighted by molar-refractivity contribution is 5.82. The van der Waals surface area contributed by atoms with Gasteiger partial charge in [0.05, 0.1) is 17.5 Å². The molecule has 0 saturated carbocycles. The molecular formula is C14H15N3O2. The molecule has 0 aliphatic heterocycles. The minimum absolute atomic E-state index is 0.00615. The van der Waals surface area contributed by atoms with Crippen molar-refractivity contribution >= 4 is 22.8 Å². The Bertz CT molecular complexity index is 811. The molecule has 98 valence electrons. The maximum absolute atomic E-state index is 10.8. The van der Waals surface area contributed by atoms with Gasteiger partial charge in [-0.2, -0.15) is 0 Å². The van der Waals surface area contributed by atoms with Gasteiger partial charge in [-0.05, 0) is 37.1 Å². The zero-order valence-corrected chi connectivity index (χ0v) is 11.1. The van der Waals surface area contributed by atoms with Crippen molar-refractivity contribution in [1.29, 1.82) is 0 Å². The number of carboxylic acids is 1. The van der Waals surface area contributed by atoms with Gasteiger partial charge in [0.25, 0.3) is 0 Å². The van der Waals surface area contributed by atoms with Crippen LogP contribution < -0.4 is 0 Å². The normalized spacial score (nSPS) is 11.5. The van der Waals surface area contributed by atoms with E-state index in [-0.39, 0.29) is 6.42 Å². The summed E-state index contributed by atoms with van der Waals surface area (Å²) in [4.78, 5) is 15.4. The van der Waals surface area contributed by atoms with Crippen molar-refractivity contribution in [3.63, 3.8) is 0 Å². The van der Waals surface area contributed by atoms with Crippen molar-refractivity contribution in [1.82, 2.24) is 14.0 Å². The summed E-state index contributed by atoms with van der Waals surface area (Å²) in [6, 6.07) is 4.16. The third-order valence-electron chi connectivity index (χ3n) is 3.63. The quantitative estimate of drug-likeness (QED) is 0.764. The van der Waals surface area contributed by atoms with E-state index in [2.05, 4.69) is 31.0 Å². The average Bonchev–Trinajstić information content (AvgIpc) is 2.79. The van der Waals surface area contributed by atoms with Crippen LogP contribution in [0.3, 0.4) is 0 Å². The van der Waals surface area contributed by atoms with Gasteiger partial charge in [0.2, 0.25) is 5.78 Å². The standard InChI is InChI=1S/C14H15N3O2/c1-8-4-11-12(5-9(8)2)17-7-10(6-13(18)19)16(3)14(17)15-11/h4-5,7H,6H2,1-3H3,(H,18,19). The first-order chi connectivity index (χ1) is 8.97. The van der Waals surface area contributed by atoms with Gasteiger partial charge in [-0.3, -0.25) is 9.20 Å². The largest absolute Gasteiger partial charge is 0.481 e. The summed E-state index contributed by atoms with van der Waals surface area (Å²) in [7, 11) is 1.85. The lowest BCUT2D eigenvalue weighted by molar-refractivity contribution is -0.136. The number of fused-ring (bicyclic) bond motifs is 3. The molecule has 1 aromatic carbocycles. The van der Waals surface area contributed by atoms with Crippen molar-refractivity contribution < 1.29 is 9.90 Å². The summed E-state index contributed by atoms with van der Waals surface area (Å²) in [5.74, 6) is -0.0589. The molecule has 0 unspecified atom stereocenters. The topological polar surface area (TPSA) is 59.5 Å². The summed E-state index contributed by atoms with van der Waals surface area (Å²) in [6.07, 6.45) is 1.86. The first-order valence-electron chi connectivity index (χ1n) is 6.13. The molecule has 5 heteroatoms. The third-order valence-corrected chi connectivity index (χ3v) is 3.63. The Morgan fingerprint density at radius 3 is 2.68 bits per heavy atom. The number of carbonyl (C=O) groups is 1. The minimum atomic E-state index is -0.833. The van der Waals surface area contributed by atoms with Gasteiger partial charge in [-0.1, -0.05) is 0 Å². The van der Waals surface area contributed by atoms with E-state index in [1.165, 1.54) is 11.1 Å². The number of hydrogen-bond acceptors (Lipinski definition) is 2. The van der Waals surface area contributed by atoms with Crippen molar-refractivity contribution in [3.8, 4) is 0 Å². The molecule has 2 heterocycles. The van der Waals surface area contributed by atoms with Crippen LogP contribution in [0.2, 0.25) is 0 Å². The van der Waals surface area contributed by atoms with Crippen molar-refractivity contribution in [2.24, 2.45) is 7.05 Å². The second-order valence-electron chi connectivity index (χ2n) is 4.96. The molecule has 0 radical (unpaired) electrons. The molecule has 2 aromatic heterocycles. The van der Waals surface area contributed by atoms with Crippen LogP contribution in [0.4, 0.5) is 0 Å². The van der Waals surface area contributed by atoms with E-state index < -0.39 is 5.97 Å². The molecular weight excluding hydrogens is 242 g/mol. The number of rotatable bonds is 2. The fraction of sp³-hybridized carbons (Fsp3) is 0.286. The first kappa shape index (κ1) is 11.8. The Labute approximate surface area is 110 Å². The van der Waals surface area contributed by atoms with Gasteiger partial charge in [0.15, 0.2) is 0 Å². The van der Waals surface area contributed by atoms with Crippen LogP contribution in [-0.4, -0.2) is 25.0 Å². The summed E-state index contributed by atoms with van der Waals surface area (Å²) in [6.45, 7) is 4.13. The van der Waals surface area contributed by atoms with Crippen molar-refractivity contribution in [3.05, 3.63) is 35.2 Å². The molecule has 5 nitrogen and oxygen atoms in total. The molecule has 0 saturated heterocycles. The molecule has 0 amide bonds. The summed E-state index contributed by atoms with van der Waals surface area (Å²) >= 11 is 0. The Kier molecular flexibility index (Phi) is 2.38. The summed E-state index contributed by atoms with van der Waals surface area (Å²) in [5.41, 5.74) is 5.12. The number of benzene rings is 1. The van der Waals surface area contributed by atoms with Crippen LogP contribution in [0, 0.1) is 13.8 Å². The van der Waals surface area contributed by atoms with Gasteiger partial charge in [-0.15, -0.1) is 0 Å². The first-order valence-corrected chi connectivity index (χ1v) is 6.13. The second-order valence-corrected chi connectivity index (χ2v) is 4.96. The van der Waals surface area contributed by atoms with Crippen LogP contribution in [0.5, 0.6) is 0 Å². The highest BCUT2D eigenvalue weighted by atomic mass is 16.4. The maximum atomic E-state index is 10.8. The number of aromatic nitrogens is 3. The lowest BCUT2D eigenvalue weighted by Crippen LogP contribution is -2.05. The fourth-order valence-corrected chi connectivity index (χ4v) is 2.38. The van der Waals surface area contributed by atoms with E-state index in [1.807, 2.05) is 22.2 Å². The number of nitrogens with zero attached hydrogens (tertiary/aromatic N) is 3. The van der Waals surface area contributed by atoms with E-state index >= 15 is 0 Å². The van der Waals surface area contributed by atoms with E-state index in [4.69, 9.17) is 5.11 Å². The maximum Gasteiger partial charge on any atom is 0.309 e. The highest BCUT2D eigenvalue weighted by Crippen LogP contribution is 2.22. The molecule has 0 spiro atoms. The Hall–Kier alpha value is -2.30. The van der Waals surface area contributed by atoms with E-state index in [1.54, 1.807) is 0 Å². The highest BCUT2D eigenvalue weighted by Gasteiger charge is 2.14. The zero-order valence-electron chi connectivity index (χ0n) is 11.1. The number of hydrogen-bond donors (Lipinski definition) is 1. The van der Waals surface area contributed by atoms with Crippen LogP contribution in [0.15, 0.2) is 18.3 Å². The van der Waals surface area contributed by atoms with Crippen LogP contribution in [0.1, 0.15) is 16.8 Å². The summed E-state index contributed by atoms with van der Waals surface area (Å²) in [5, 5.41) is 8.90. The zero-order chi connectivity index (χ0) is 13.7.